The van der Waals surface area contributed by atoms with E-state index in [1.54, 1.807) is 54.7 Å². The molecule has 0 aliphatic carbocycles. The first kappa shape index (κ1) is 35.6. The molecule has 2 aromatic heterocycles. The third-order valence-corrected chi connectivity index (χ3v) is 10.3. The highest BCUT2D eigenvalue weighted by Gasteiger charge is 2.14. The Morgan fingerprint density at radius 2 is 1.12 bits per heavy atom. The fraction of sp³-hybridized carbons (Fsp3) is 0.143. The fourth-order valence-corrected chi connectivity index (χ4v) is 7.88. The lowest BCUT2D eigenvalue weighted by molar-refractivity contribution is 0.0517. The van der Waals surface area contributed by atoms with Gasteiger partial charge in [-0.05, 0) is 102 Å². The average molecular weight is 721 g/mol. The zero-order valence-corrected chi connectivity index (χ0v) is 29.6. The number of ether oxygens (including phenoxy) is 2. The topological polar surface area (TPSA) is 72.8 Å². The van der Waals surface area contributed by atoms with Crippen molar-refractivity contribution in [2.24, 2.45) is 0 Å². The first-order chi connectivity index (χ1) is 24.8. The van der Waals surface area contributed by atoms with E-state index in [-0.39, 0.29) is 18.5 Å². The molecule has 0 aliphatic heterocycles. The molecule has 0 saturated heterocycles. The van der Waals surface area contributed by atoms with E-state index >= 15 is 0 Å². The summed E-state index contributed by atoms with van der Waals surface area (Å²) in [5.74, 6) is -2.32. The summed E-state index contributed by atoms with van der Waals surface area (Å²) in [4.78, 5) is 26.0. The van der Waals surface area contributed by atoms with Gasteiger partial charge in [0, 0.05) is 36.3 Å². The van der Waals surface area contributed by atoms with Crippen LogP contribution in [0.15, 0.2) is 115 Å². The summed E-state index contributed by atoms with van der Waals surface area (Å²) in [6, 6.07) is 35.0. The summed E-state index contributed by atoms with van der Waals surface area (Å²) in [6.07, 6.45) is 0.527. The van der Waals surface area contributed by atoms with Crippen molar-refractivity contribution in [3.05, 3.63) is 153 Å². The van der Waals surface area contributed by atoms with Gasteiger partial charge in [-0.15, -0.1) is 22.7 Å². The van der Waals surface area contributed by atoms with Crippen LogP contribution < -0.4 is 0 Å². The van der Waals surface area contributed by atoms with Crippen LogP contribution in [0.2, 0.25) is 0 Å². The minimum absolute atomic E-state index is 0.0433. The molecule has 0 radical (unpaired) electrons. The average Bonchev–Trinajstić information content (AvgIpc) is 3.77. The van der Waals surface area contributed by atoms with E-state index in [0.717, 1.165) is 63.8 Å². The molecule has 51 heavy (non-hydrogen) atoms. The van der Waals surface area contributed by atoms with E-state index in [9.17, 15) is 23.5 Å². The summed E-state index contributed by atoms with van der Waals surface area (Å²) in [6.45, 7) is 4.31. The summed E-state index contributed by atoms with van der Waals surface area (Å²) < 4.78 is 39.1. The Morgan fingerprint density at radius 3 is 1.63 bits per heavy atom. The first-order valence-electron chi connectivity index (χ1n) is 16.4. The van der Waals surface area contributed by atoms with E-state index in [1.807, 2.05) is 78.9 Å². The van der Waals surface area contributed by atoms with Gasteiger partial charge in [0.2, 0.25) is 0 Å². The summed E-state index contributed by atoms with van der Waals surface area (Å²) in [5.41, 5.74) is 5.76. The van der Waals surface area contributed by atoms with Gasteiger partial charge < -0.3 is 14.6 Å². The Hall–Kier alpha value is -5.22. The van der Waals surface area contributed by atoms with Gasteiger partial charge in [0.25, 0.3) is 0 Å². The van der Waals surface area contributed by atoms with E-state index in [2.05, 4.69) is 6.07 Å². The quantitative estimate of drug-likeness (QED) is 0.150. The lowest BCUT2D eigenvalue weighted by Crippen LogP contribution is -2.04. The van der Waals surface area contributed by atoms with Crippen molar-refractivity contribution >= 4 is 54.8 Å². The molecule has 1 N–H and O–H groups in total. The van der Waals surface area contributed by atoms with Gasteiger partial charge in [0.05, 0.1) is 30.9 Å². The van der Waals surface area contributed by atoms with Crippen LogP contribution in [-0.4, -0.2) is 30.3 Å². The van der Waals surface area contributed by atoms with Crippen LogP contribution in [-0.2, 0) is 22.5 Å². The normalized spacial score (nSPS) is 10.9. The summed E-state index contributed by atoms with van der Waals surface area (Å²) >= 11 is 3.20. The van der Waals surface area contributed by atoms with E-state index in [4.69, 9.17) is 9.47 Å². The van der Waals surface area contributed by atoms with Crippen molar-refractivity contribution < 1.29 is 33.0 Å². The van der Waals surface area contributed by atoms with Gasteiger partial charge in [0.1, 0.15) is 0 Å². The van der Waals surface area contributed by atoms with E-state index < -0.39 is 11.6 Å². The number of esters is 2. The SMILES string of the molecule is CCOC(=O)c1cccc(-c2cccc3sc(CO)cc23)c1.CCOC(=O)c1cccc(-c2cccc3sc(Cc4ccc(F)c(F)c4)cc23)c1. The number of halogens is 2. The molecule has 5 aromatic carbocycles. The molecule has 0 fully saturated rings. The number of thiophene rings is 2. The van der Waals surface area contributed by atoms with E-state index in [1.165, 1.54) is 6.07 Å². The van der Waals surface area contributed by atoms with Crippen LogP contribution in [0.1, 0.15) is 49.9 Å². The second kappa shape index (κ2) is 16.2. The smallest absolute Gasteiger partial charge is 0.338 e. The Labute approximate surface area is 302 Å². The maximum absolute atomic E-state index is 13.5. The van der Waals surface area contributed by atoms with Crippen LogP contribution in [0, 0.1) is 11.6 Å². The monoisotopic (exact) mass is 720 g/mol. The van der Waals surface area contributed by atoms with Gasteiger partial charge in [-0.2, -0.15) is 0 Å². The van der Waals surface area contributed by atoms with Gasteiger partial charge in [-0.25, -0.2) is 18.4 Å². The van der Waals surface area contributed by atoms with Crippen LogP contribution in [0.5, 0.6) is 0 Å². The molecule has 0 aliphatic rings. The van der Waals surface area contributed by atoms with Crippen LogP contribution in [0.25, 0.3) is 42.4 Å². The molecule has 0 unspecified atom stereocenters. The minimum Gasteiger partial charge on any atom is -0.462 e. The predicted molar refractivity (Wildman–Crippen MR) is 202 cm³/mol. The molecule has 0 saturated carbocycles. The molecule has 0 atom stereocenters. The minimum atomic E-state index is -0.839. The number of aliphatic hydroxyl groups is 1. The first-order valence-corrected chi connectivity index (χ1v) is 18.0. The number of fused-ring (bicyclic) bond motifs is 2. The molecular weight excluding hydrogens is 687 g/mol. The number of hydrogen-bond acceptors (Lipinski definition) is 7. The molecule has 5 nitrogen and oxygen atoms in total. The molecule has 0 bridgehead atoms. The number of carbonyl (C=O) groups is 2. The maximum atomic E-state index is 13.5. The highest BCUT2D eigenvalue weighted by molar-refractivity contribution is 7.19. The highest BCUT2D eigenvalue weighted by atomic mass is 32.1. The molecule has 7 rings (SSSR count). The Bertz CT molecular complexity index is 2340. The zero-order chi connectivity index (χ0) is 35.9. The largest absolute Gasteiger partial charge is 0.462 e. The molecule has 0 spiro atoms. The number of benzene rings is 5. The number of aliphatic hydroxyl groups excluding tert-OH is 1. The predicted octanol–water partition coefficient (Wildman–Crippen LogP) is 10.9. The number of hydrogen-bond donors (Lipinski definition) is 1. The Morgan fingerprint density at radius 1 is 0.608 bits per heavy atom. The molecular formula is C42H34F2O5S2. The van der Waals surface area contributed by atoms with Crippen molar-refractivity contribution in [1.82, 2.24) is 0 Å². The van der Waals surface area contributed by atoms with Crippen LogP contribution in [0.4, 0.5) is 8.78 Å². The lowest BCUT2D eigenvalue weighted by atomic mass is 9.99. The van der Waals surface area contributed by atoms with Gasteiger partial charge in [0.15, 0.2) is 11.6 Å². The van der Waals surface area contributed by atoms with Crippen molar-refractivity contribution in [2.75, 3.05) is 13.2 Å². The second-order valence-electron chi connectivity index (χ2n) is 11.5. The molecule has 2 heterocycles. The summed E-state index contributed by atoms with van der Waals surface area (Å²) in [7, 11) is 0. The van der Waals surface area contributed by atoms with Gasteiger partial charge in [-0.1, -0.05) is 54.6 Å². The van der Waals surface area contributed by atoms with Gasteiger partial charge in [-0.3, -0.25) is 0 Å². The van der Waals surface area contributed by atoms with Crippen molar-refractivity contribution in [3.63, 3.8) is 0 Å². The molecule has 9 heteroatoms. The molecule has 258 valence electrons. The van der Waals surface area contributed by atoms with E-state index in [0.29, 0.717) is 30.8 Å². The third-order valence-electron chi connectivity index (χ3n) is 8.11. The maximum Gasteiger partial charge on any atom is 0.338 e. The summed E-state index contributed by atoms with van der Waals surface area (Å²) in [5, 5.41) is 11.5. The fourth-order valence-electron chi connectivity index (χ4n) is 5.80. The Kier molecular flexibility index (Phi) is 11.3. The van der Waals surface area contributed by atoms with Crippen molar-refractivity contribution in [2.45, 2.75) is 26.9 Å². The molecule has 7 aromatic rings. The lowest BCUT2D eigenvalue weighted by Gasteiger charge is -2.07. The highest BCUT2D eigenvalue weighted by Crippen LogP contribution is 2.36. The van der Waals surface area contributed by atoms with Crippen LogP contribution in [0.3, 0.4) is 0 Å². The standard InChI is InChI=1S/C24H18F2O2S.C18H16O3S/c1-2-28-24(27)17-6-3-5-16(13-17)19-7-4-8-23-20(19)14-18(29-23)11-15-9-10-21(25)22(26)12-15;1-2-21-18(20)13-6-3-5-12(9-13)15-7-4-8-17-16(15)10-14(11-19)22-17/h3-10,12-14H,2,11H2,1H3;3-10,19H,2,11H2,1H3. The van der Waals surface area contributed by atoms with Gasteiger partial charge >= 0.3 is 11.9 Å². The van der Waals surface area contributed by atoms with Crippen molar-refractivity contribution in [1.29, 1.82) is 0 Å². The molecule has 0 amide bonds. The second-order valence-corrected chi connectivity index (χ2v) is 13.9. The Balaban J connectivity index is 0.000000183. The van der Waals surface area contributed by atoms with Crippen LogP contribution >= 0.6 is 22.7 Å². The van der Waals surface area contributed by atoms with Crippen molar-refractivity contribution in [3.8, 4) is 22.3 Å². The zero-order valence-electron chi connectivity index (χ0n) is 28.0. The number of carbonyl (C=O) groups excluding carboxylic acids is 2. The number of rotatable bonds is 9. The third kappa shape index (κ3) is 8.23.